The zero-order valence-electron chi connectivity index (χ0n) is 10.3. The number of hydrogen-bond donors (Lipinski definition) is 0. The van der Waals surface area contributed by atoms with Gasteiger partial charge in [0, 0.05) is 11.3 Å². The first-order valence-corrected chi connectivity index (χ1v) is 6.75. The molecule has 2 bridgehead atoms. The molecule has 0 aromatic heterocycles. The van der Waals surface area contributed by atoms with Crippen molar-refractivity contribution in [1.29, 1.82) is 0 Å². The van der Waals surface area contributed by atoms with Crippen molar-refractivity contribution in [2.45, 2.75) is 12.8 Å². The van der Waals surface area contributed by atoms with Crippen LogP contribution in [0.4, 0.5) is 0 Å². The van der Waals surface area contributed by atoms with E-state index in [0.29, 0.717) is 17.6 Å². The minimum Gasteiger partial charge on any atom is -0.294 e. The highest BCUT2D eigenvalue weighted by atomic mass is 16.1. The Morgan fingerprint density at radius 3 is 2.83 bits per heavy atom. The van der Waals surface area contributed by atoms with Crippen molar-refractivity contribution in [3.05, 3.63) is 60.2 Å². The summed E-state index contributed by atoms with van der Waals surface area (Å²) in [5.74, 6) is 1.62. The van der Waals surface area contributed by atoms with Gasteiger partial charge in [-0.25, -0.2) is 0 Å². The molecule has 0 N–H and O–H groups in total. The maximum absolute atomic E-state index is 12.1. The van der Waals surface area contributed by atoms with Crippen LogP contribution < -0.4 is 0 Å². The van der Waals surface area contributed by atoms with Gasteiger partial charge in [-0.2, -0.15) is 0 Å². The Kier molecular flexibility index (Phi) is 1.97. The van der Waals surface area contributed by atoms with E-state index in [1.54, 1.807) is 0 Å². The second kappa shape index (κ2) is 3.44. The van der Waals surface area contributed by atoms with Crippen LogP contribution in [0, 0.1) is 23.2 Å². The Morgan fingerprint density at radius 2 is 2.00 bits per heavy atom. The standard InChI is InChI=1S/C17H16O/c18-15-8-9-17(11-12-4-2-1-3-5-12)14-7-6-13(10-14)16(15)17/h1-9,13-14,16H,10-11H2/t13-,14+,16+,17-/m1/s1. The van der Waals surface area contributed by atoms with Crippen molar-refractivity contribution < 1.29 is 4.79 Å². The Balaban J connectivity index is 1.76. The van der Waals surface area contributed by atoms with E-state index in [0.717, 1.165) is 6.42 Å². The van der Waals surface area contributed by atoms with E-state index < -0.39 is 0 Å². The molecule has 1 nitrogen and oxygen atoms in total. The van der Waals surface area contributed by atoms with Gasteiger partial charge in [-0.05, 0) is 36.3 Å². The molecule has 1 aromatic rings. The largest absolute Gasteiger partial charge is 0.294 e. The summed E-state index contributed by atoms with van der Waals surface area (Å²) in [5, 5.41) is 0. The smallest absolute Gasteiger partial charge is 0.159 e. The molecule has 0 heterocycles. The molecule has 4 rings (SSSR count). The van der Waals surface area contributed by atoms with Gasteiger partial charge in [-0.1, -0.05) is 48.6 Å². The van der Waals surface area contributed by atoms with E-state index in [9.17, 15) is 4.79 Å². The van der Waals surface area contributed by atoms with Crippen LogP contribution in [-0.2, 0) is 11.2 Å². The van der Waals surface area contributed by atoms with Crippen LogP contribution in [0.1, 0.15) is 12.0 Å². The first-order valence-electron chi connectivity index (χ1n) is 6.75. The van der Waals surface area contributed by atoms with Gasteiger partial charge in [-0.15, -0.1) is 0 Å². The lowest BCUT2D eigenvalue weighted by molar-refractivity contribution is -0.120. The first kappa shape index (κ1) is 10.3. The molecule has 3 aliphatic rings. The maximum Gasteiger partial charge on any atom is 0.159 e. The van der Waals surface area contributed by atoms with Gasteiger partial charge in [0.15, 0.2) is 5.78 Å². The molecule has 90 valence electrons. The Hall–Kier alpha value is -1.63. The zero-order chi connectivity index (χ0) is 12.2. The molecule has 0 saturated heterocycles. The predicted octanol–water partition coefficient (Wildman–Crippen LogP) is 3.18. The van der Waals surface area contributed by atoms with Crippen molar-refractivity contribution in [2.24, 2.45) is 23.2 Å². The average Bonchev–Trinajstić information content (AvgIpc) is 3.04. The molecule has 0 amide bonds. The van der Waals surface area contributed by atoms with Gasteiger partial charge < -0.3 is 0 Å². The molecule has 0 unspecified atom stereocenters. The van der Waals surface area contributed by atoms with Crippen molar-refractivity contribution >= 4 is 5.78 Å². The van der Waals surface area contributed by atoms with E-state index in [4.69, 9.17) is 0 Å². The van der Waals surface area contributed by atoms with Gasteiger partial charge >= 0.3 is 0 Å². The van der Waals surface area contributed by atoms with Crippen LogP contribution in [0.15, 0.2) is 54.6 Å². The normalized spacial score (nSPS) is 39.6. The van der Waals surface area contributed by atoms with Crippen molar-refractivity contribution in [2.75, 3.05) is 0 Å². The number of rotatable bonds is 2. The SMILES string of the molecule is O=C1C=C[C@]2(Cc3ccccc3)[C@H]1[C@@H]1C=C[C@H]2C1. The lowest BCUT2D eigenvalue weighted by Crippen LogP contribution is -2.35. The summed E-state index contributed by atoms with van der Waals surface area (Å²) in [6.45, 7) is 0. The topological polar surface area (TPSA) is 17.1 Å². The molecular weight excluding hydrogens is 220 g/mol. The molecule has 0 aliphatic heterocycles. The van der Waals surface area contributed by atoms with Crippen LogP contribution >= 0.6 is 0 Å². The number of carbonyl (C=O) groups is 1. The Bertz CT molecular complexity index is 554. The van der Waals surface area contributed by atoms with E-state index in [1.165, 1.54) is 12.0 Å². The Morgan fingerprint density at radius 1 is 1.17 bits per heavy atom. The van der Waals surface area contributed by atoms with Gasteiger partial charge in [0.25, 0.3) is 0 Å². The summed E-state index contributed by atoms with van der Waals surface area (Å²) in [5.41, 5.74) is 1.43. The fourth-order valence-corrected chi connectivity index (χ4v) is 4.30. The molecule has 0 spiro atoms. The second-order valence-electron chi connectivity index (χ2n) is 5.88. The second-order valence-corrected chi connectivity index (χ2v) is 5.88. The van der Waals surface area contributed by atoms with E-state index >= 15 is 0 Å². The lowest BCUT2D eigenvalue weighted by atomic mass is 9.67. The highest BCUT2D eigenvalue weighted by Gasteiger charge is 2.58. The minimum absolute atomic E-state index is 0.0812. The van der Waals surface area contributed by atoms with Crippen molar-refractivity contribution in [3.63, 3.8) is 0 Å². The third-order valence-electron chi connectivity index (χ3n) is 5.03. The third kappa shape index (κ3) is 1.19. The van der Waals surface area contributed by atoms with Gasteiger partial charge in [0.2, 0.25) is 0 Å². The highest BCUT2D eigenvalue weighted by Crippen LogP contribution is 2.61. The Labute approximate surface area is 107 Å². The first-order chi connectivity index (χ1) is 8.79. The van der Waals surface area contributed by atoms with Crippen LogP contribution in [0.25, 0.3) is 0 Å². The summed E-state index contributed by atoms with van der Waals surface area (Å²) in [7, 11) is 0. The summed E-state index contributed by atoms with van der Waals surface area (Å²) >= 11 is 0. The number of carbonyl (C=O) groups excluding carboxylic acids is 1. The molecule has 18 heavy (non-hydrogen) atoms. The van der Waals surface area contributed by atoms with Crippen molar-refractivity contribution in [3.8, 4) is 0 Å². The van der Waals surface area contributed by atoms with E-state index in [2.05, 4.69) is 48.6 Å². The molecular formula is C17H16O. The average molecular weight is 236 g/mol. The van der Waals surface area contributed by atoms with E-state index in [1.807, 2.05) is 6.08 Å². The summed E-state index contributed by atoms with van der Waals surface area (Å²) < 4.78 is 0. The number of hydrogen-bond acceptors (Lipinski definition) is 1. The predicted molar refractivity (Wildman–Crippen MR) is 71.0 cm³/mol. The molecule has 1 saturated carbocycles. The molecule has 1 fully saturated rings. The number of fused-ring (bicyclic) bond motifs is 5. The van der Waals surface area contributed by atoms with E-state index in [-0.39, 0.29) is 11.3 Å². The summed E-state index contributed by atoms with van der Waals surface area (Å²) in [6.07, 6.45) is 10.8. The van der Waals surface area contributed by atoms with Crippen LogP contribution in [0.2, 0.25) is 0 Å². The highest BCUT2D eigenvalue weighted by molar-refractivity contribution is 5.96. The zero-order valence-corrected chi connectivity index (χ0v) is 10.3. The number of allylic oxidation sites excluding steroid dienone is 4. The van der Waals surface area contributed by atoms with Crippen LogP contribution in [0.3, 0.4) is 0 Å². The minimum atomic E-state index is 0.0812. The fourth-order valence-electron chi connectivity index (χ4n) is 4.30. The van der Waals surface area contributed by atoms with Gasteiger partial charge in [0.1, 0.15) is 0 Å². The van der Waals surface area contributed by atoms with Gasteiger partial charge in [0.05, 0.1) is 0 Å². The third-order valence-corrected chi connectivity index (χ3v) is 5.03. The lowest BCUT2D eigenvalue weighted by Gasteiger charge is -2.35. The fraction of sp³-hybridized carbons (Fsp3) is 0.353. The maximum atomic E-state index is 12.1. The summed E-state index contributed by atoms with van der Waals surface area (Å²) in [4.78, 5) is 12.1. The monoisotopic (exact) mass is 236 g/mol. The molecule has 0 radical (unpaired) electrons. The summed E-state index contributed by atoms with van der Waals surface area (Å²) in [6, 6.07) is 10.6. The number of benzene rings is 1. The molecule has 4 atom stereocenters. The van der Waals surface area contributed by atoms with Crippen molar-refractivity contribution in [1.82, 2.24) is 0 Å². The molecule has 1 aromatic carbocycles. The molecule has 1 heteroatoms. The van der Waals surface area contributed by atoms with Gasteiger partial charge in [-0.3, -0.25) is 4.79 Å². The van der Waals surface area contributed by atoms with Crippen LogP contribution in [-0.4, -0.2) is 5.78 Å². The number of ketones is 1. The quantitative estimate of drug-likeness (QED) is 0.721. The molecule has 3 aliphatic carbocycles. The van der Waals surface area contributed by atoms with Crippen LogP contribution in [0.5, 0.6) is 0 Å².